The van der Waals surface area contributed by atoms with Gasteiger partial charge in [0.2, 0.25) is 5.91 Å². The molecule has 8 nitrogen and oxygen atoms in total. The molecule has 3 rings (SSSR count). The number of nitrogens with zero attached hydrogens (tertiary/aromatic N) is 3. The number of amides is 2. The molecular weight excluding hydrogens is 346 g/mol. The smallest absolute Gasteiger partial charge is 0.253 e. The number of nitrogens with one attached hydrogen (secondary N) is 2. The normalized spacial score (nSPS) is 15.9. The van der Waals surface area contributed by atoms with Crippen molar-refractivity contribution in [3.8, 4) is 5.75 Å². The number of piperidine rings is 1. The van der Waals surface area contributed by atoms with Gasteiger partial charge in [-0.3, -0.25) is 14.3 Å². The van der Waals surface area contributed by atoms with Gasteiger partial charge in [-0.1, -0.05) is 0 Å². The number of aryl methyl sites for hydroxylation is 1. The number of anilines is 1. The standard InChI is InChI=1S/C19H25N5O3/c1-20-18(26)19(21-16-8-11-23(2)22-16)9-12-24(13-10-19)17(25)14-4-6-15(27-3)7-5-14/h4-8,11H,9-10,12-13H2,1-3H3,(H,20,26)(H,21,22). The highest BCUT2D eigenvalue weighted by molar-refractivity contribution is 5.95. The van der Waals surface area contributed by atoms with Crippen molar-refractivity contribution in [3.63, 3.8) is 0 Å². The third-order valence-corrected chi connectivity index (χ3v) is 4.98. The lowest BCUT2D eigenvalue weighted by Gasteiger charge is -2.41. The molecule has 0 bridgehead atoms. The largest absolute Gasteiger partial charge is 0.497 e. The van der Waals surface area contributed by atoms with Crippen LogP contribution < -0.4 is 15.4 Å². The van der Waals surface area contributed by atoms with Crippen molar-refractivity contribution < 1.29 is 14.3 Å². The molecule has 0 aliphatic carbocycles. The number of hydrogen-bond donors (Lipinski definition) is 2. The predicted octanol–water partition coefficient (Wildman–Crippen LogP) is 1.26. The fraction of sp³-hybridized carbons (Fsp3) is 0.421. The number of carbonyl (C=O) groups is 2. The van der Waals surface area contributed by atoms with Crippen LogP contribution in [0.1, 0.15) is 23.2 Å². The summed E-state index contributed by atoms with van der Waals surface area (Å²) < 4.78 is 6.82. The minimum Gasteiger partial charge on any atom is -0.497 e. The minimum atomic E-state index is -0.778. The third kappa shape index (κ3) is 3.89. The molecule has 2 aromatic rings. The number of hydrogen-bond acceptors (Lipinski definition) is 5. The minimum absolute atomic E-state index is 0.0407. The molecule has 0 atom stereocenters. The first kappa shape index (κ1) is 18.8. The molecule has 1 aliphatic rings. The van der Waals surface area contributed by atoms with Gasteiger partial charge < -0.3 is 20.3 Å². The molecule has 0 saturated carbocycles. The van der Waals surface area contributed by atoms with E-state index in [0.29, 0.717) is 43.1 Å². The first-order chi connectivity index (χ1) is 13.0. The third-order valence-electron chi connectivity index (χ3n) is 4.98. The number of likely N-dealkylation sites (N-methyl/N-ethyl adjacent to an activating group) is 1. The van der Waals surface area contributed by atoms with E-state index in [0.717, 1.165) is 0 Å². The summed E-state index contributed by atoms with van der Waals surface area (Å²) in [6, 6.07) is 8.89. The van der Waals surface area contributed by atoms with Crippen molar-refractivity contribution in [2.45, 2.75) is 18.4 Å². The van der Waals surface area contributed by atoms with E-state index >= 15 is 0 Å². The van der Waals surface area contributed by atoms with Gasteiger partial charge in [-0.2, -0.15) is 5.10 Å². The van der Waals surface area contributed by atoms with Crippen LogP contribution in [0.2, 0.25) is 0 Å². The molecule has 144 valence electrons. The highest BCUT2D eigenvalue weighted by atomic mass is 16.5. The molecule has 27 heavy (non-hydrogen) atoms. The SMILES string of the molecule is CNC(=O)C1(Nc2ccn(C)n2)CCN(C(=O)c2ccc(OC)cc2)CC1. The molecular formula is C19H25N5O3. The lowest BCUT2D eigenvalue weighted by molar-refractivity contribution is -0.126. The second-order valence-corrected chi connectivity index (χ2v) is 6.68. The van der Waals surface area contributed by atoms with E-state index < -0.39 is 5.54 Å². The van der Waals surface area contributed by atoms with Crippen molar-refractivity contribution in [2.75, 3.05) is 32.6 Å². The molecule has 1 aliphatic heterocycles. The van der Waals surface area contributed by atoms with Crippen LogP contribution in [0, 0.1) is 0 Å². The molecule has 2 N–H and O–H groups in total. The van der Waals surface area contributed by atoms with Crippen LogP contribution in [0.3, 0.4) is 0 Å². The van der Waals surface area contributed by atoms with Crippen LogP contribution in [-0.4, -0.2) is 59.3 Å². The fourth-order valence-electron chi connectivity index (χ4n) is 3.38. The topological polar surface area (TPSA) is 88.5 Å². The van der Waals surface area contributed by atoms with E-state index in [1.807, 2.05) is 19.3 Å². The van der Waals surface area contributed by atoms with Crippen LogP contribution >= 0.6 is 0 Å². The monoisotopic (exact) mass is 371 g/mol. The predicted molar refractivity (Wildman–Crippen MR) is 102 cm³/mol. The van der Waals surface area contributed by atoms with Crippen LogP contribution in [-0.2, 0) is 11.8 Å². The molecule has 1 aromatic heterocycles. The zero-order valence-corrected chi connectivity index (χ0v) is 15.9. The van der Waals surface area contributed by atoms with Crippen LogP contribution in [0.15, 0.2) is 36.5 Å². The van der Waals surface area contributed by atoms with E-state index in [9.17, 15) is 9.59 Å². The van der Waals surface area contributed by atoms with Gasteiger partial charge in [0, 0.05) is 45.0 Å². The quantitative estimate of drug-likeness (QED) is 0.826. The average Bonchev–Trinajstić information content (AvgIpc) is 3.11. The van der Waals surface area contributed by atoms with Gasteiger partial charge in [-0.05, 0) is 37.1 Å². The van der Waals surface area contributed by atoms with Crippen molar-refractivity contribution >= 4 is 17.6 Å². The summed E-state index contributed by atoms with van der Waals surface area (Å²) in [7, 11) is 5.04. The lowest BCUT2D eigenvalue weighted by Crippen LogP contribution is -2.58. The second kappa shape index (κ2) is 7.69. The summed E-state index contributed by atoms with van der Waals surface area (Å²) in [5.41, 5.74) is -0.166. The summed E-state index contributed by atoms with van der Waals surface area (Å²) in [4.78, 5) is 27.1. The Labute approximate surface area is 158 Å². The molecule has 2 amide bonds. The highest BCUT2D eigenvalue weighted by Gasteiger charge is 2.42. The van der Waals surface area contributed by atoms with Crippen LogP contribution in [0.4, 0.5) is 5.82 Å². The van der Waals surface area contributed by atoms with Gasteiger partial charge in [0.15, 0.2) is 0 Å². The summed E-state index contributed by atoms with van der Waals surface area (Å²) in [6.45, 7) is 0.968. The lowest BCUT2D eigenvalue weighted by atomic mass is 9.86. The maximum absolute atomic E-state index is 12.8. The summed E-state index contributed by atoms with van der Waals surface area (Å²) in [5.74, 6) is 1.23. The van der Waals surface area contributed by atoms with E-state index in [4.69, 9.17) is 4.74 Å². The van der Waals surface area contributed by atoms with Gasteiger partial charge in [-0.25, -0.2) is 0 Å². The number of methoxy groups -OCH3 is 1. The average molecular weight is 371 g/mol. The Hall–Kier alpha value is -3.03. The van der Waals surface area contributed by atoms with Gasteiger partial charge in [0.05, 0.1) is 7.11 Å². The maximum Gasteiger partial charge on any atom is 0.253 e. The van der Waals surface area contributed by atoms with Gasteiger partial charge >= 0.3 is 0 Å². The van der Waals surface area contributed by atoms with E-state index in [2.05, 4.69) is 15.7 Å². The molecule has 1 saturated heterocycles. The molecule has 8 heteroatoms. The Balaban J connectivity index is 1.71. The fourth-order valence-corrected chi connectivity index (χ4v) is 3.38. The molecule has 0 radical (unpaired) electrons. The number of rotatable bonds is 5. The van der Waals surface area contributed by atoms with Crippen molar-refractivity contribution in [3.05, 3.63) is 42.1 Å². The Morgan fingerprint density at radius 1 is 1.15 bits per heavy atom. The number of ether oxygens (including phenoxy) is 1. The number of likely N-dealkylation sites (tertiary alicyclic amines) is 1. The number of carbonyl (C=O) groups excluding carboxylic acids is 2. The molecule has 2 heterocycles. The van der Waals surface area contributed by atoms with Crippen LogP contribution in [0.25, 0.3) is 0 Å². The van der Waals surface area contributed by atoms with Gasteiger partial charge in [0.1, 0.15) is 17.1 Å². The van der Waals surface area contributed by atoms with E-state index in [1.165, 1.54) is 0 Å². The first-order valence-corrected chi connectivity index (χ1v) is 8.91. The Kier molecular flexibility index (Phi) is 5.34. The van der Waals surface area contributed by atoms with Gasteiger partial charge in [0.25, 0.3) is 5.91 Å². The van der Waals surface area contributed by atoms with E-state index in [-0.39, 0.29) is 11.8 Å². The molecule has 1 fully saturated rings. The zero-order valence-electron chi connectivity index (χ0n) is 15.9. The highest BCUT2D eigenvalue weighted by Crippen LogP contribution is 2.28. The Morgan fingerprint density at radius 3 is 2.33 bits per heavy atom. The first-order valence-electron chi connectivity index (χ1n) is 8.91. The Bertz CT molecular complexity index is 807. The number of aromatic nitrogens is 2. The molecule has 0 unspecified atom stereocenters. The Morgan fingerprint density at radius 2 is 1.81 bits per heavy atom. The second-order valence-electron chi connectivity index (χ2n) is 6.68. The number of benzene rings is 1. The van der Waals surface area contributed by atoms with Crippen molar-refractivity contribution in [1.82, 2.24) is 20.0 Å². The maximum atomic E-state index is 12.8. The summed E-state index contributed by atoms with van der Waals surface area (Å²) in [6.07, 6.45) is 2.83. The molecule has 0 spiro atoms. The summed E-state index contributed by atoms with van der Waals surface area (Å²) >= 11 is 0. The van der Waals surface area contributed by atoms with Crippen molar-refractivity contribution in [1.29, 1.82) is 0 Å². The van der Waals surface area contributed by atoms with Crippen LogP contribution in [0.5, 0.6) is 5.75 Å². The molecule has 1 aromatic carbocycles. The van der Waals surface area contributed by atoms with Gasteiger partial charge in [-0.15, -0.1) is 0 Å². The van der Waals surface area contributed by atoms with E-state index in [1.54, 1.807) is 48.0 Å². The zero-order chi connectivity index (χ0) is 19.4. The van der Waals surface area contributed by atoms with Crippen molar-refractivity contribution in [2.24, 2.45) is 7.05 Å². The summed E-state index contributed by atoms with van der Waals surface area (Å²) in [5, 5.41) is 10.3.